The van der Waals surface area contributed by atoms with Gasteiger partial charge in [0, 0.05) is 13.8 Å². The van der Waals surface area contributed by atoms with Crippen molar-refractivity contribution in [3.05, 3.63) is 78.5 Å². The van der Waals surface area contributed by atoms with E-state index in [0.717, 1.165) is 11.3 Å². The predicted molar refractivity (Wildman–Crippen MR) is 154 cm³/mol. The number of allylic oxidation sites excluding steroid dienone is 1. The number of esters is 3. The minimum Gasteiger partial charge on any atom is -0.493 e. The summed E-state index contributed by atoms with van der Waals surface area (Å²) in [4.78, 5) is 55.2. The summed E-state index contributed by atoms with van der Waals surface area (Å²) in [5, 5.41) is 0. The number of carbonyl (C=O) groups is 3. The average molecular weight is 595 g/mol. The Hall–Kier alpha value is -4.71. The highest BCUT2D eigenvalue weighted by molar-refractivity contribution is 7.07. The molecule has 1 aliphatic rings. The fourth-order valence-corrected chi connectivity index (χ4v) is 5.52. The van der Waals surface area contributed by atoms with Crippen LogP contribution in [-0.4, -0.2) is 42.8 Å². The summed E-state index contributed by atoms with van der Waals surface area (Å²) in [5.74, 6) is -0.546. The van der Waals surface area contributed by atoms with Crippen LogP contribution in [0.5, 0.6) is 23.0 Å². The van der Waals surface area contributed by atoms with Crippen LogP contribution in [0.15, 0.2) is 57.5 Å². The third kappa shape index (κ3) is 6.28. The molecule has 0 amide bonds. The molecule has 4 rings (SSSR count). The van der Waals surface area contributed by atoms with Gasteiger partial charge in [0.1, 0.15) is 0 Å². The fraction of sp³-hybridized carbons (Fsp3) is 0.300. The van der Waals surface area contributed by atoms with Crippen LogP contribution in [0.2, 0.25) is 0 Å². The molecule has 0 N–H and O–H groups in total. The van der Waals surface area contributed by atoms with Crippen LogP contribution >= 0.6 is 11.3 Å². The molecule has 2 aromatic carbocycles. The molecule has 1 aliphatic heterocycles. The van der Waals surface area contributed by atoms with Crippen LogP contribution in [-0.2, 0) is 19.1 Å². The van der Waals surface area contributed by atoms with Crippen LogP contribution in [0.25, 0.3) is 6.08 Å². The first-order valence-electron chi connectivity index (χ1n) is 13.1. The highest BCUT2D eigenvalue weighted by Gasteiger charge is 2.34. The largest absolute Gasteiger partial charge is 0.493 e. The fourth-order valence-electron chi connectivity index (χ4n) is 4.47. The number of carbonyl (C=O) groups excluding carboxylic acids is 3. The zero-order chi connectivity index (χ0) is 30.6. The summed E-state index contributed by atoms with van der Waals surface area (Å²) in [6.45, 7) is 8.17. The zero-order valence-electron chi connectivity index (χ0n) is 24.0. The molecule has 1 aromatic heterocycles. The van der Waals surface area contributed by atoms with E-state index < -0.39 is 23.9 Å². The minimum absolute atomic E-state index is 0.132. The topological polar surface area (TPSA) is 132 Å². The summed E-state index contributed by atoms with van der Waals surface area (Å²) in [7, 11) is 1.45. The third-order valence-corrected chi connectivity index (χ3v) is 7.08. The minimum atomic E-state index is -0.895. The van der Waals surface area contributed by atoms with Gasteiger partial charge in [0.05, 0.1) is 42.2 Å². The van der Waals surface area contributed by atoms with Gasteiger partial charge in [0.25, 0.3) is 5.56 Å². The molecule has 0 spiro atoms. The second-order valence-corrected chi connectivity index (χ2v) is 10.0. The molecule has 220 valence electrons. The molecule has 3 aromatic rings. The van der Waals surface area contributed by atoms with Crippen molar-refractivity contribution in [1.29, 1.82) is 0 Å². The summed E-state index contributed by atoms with van der Waals surface area (Å²) in [5.41, 5.74) is 1.37. The number of fused-ring (bicyclic) bond motifs is 1. The van der Waals surface area contributed by atoms with Gasteiger partial charge in [-0.1, -0.05) is 23.5 Å². The summed E-state index contributed by atoms with van der Waals surface area (Å²) < 4.78 is 28.7. The lowest BCUT2D eigenvalue weighted by Crippen LogP contribution is -2.40. The van der Waals surface area contributed by atoms with Crippen LogP contribution in [0.3, 0.4) is 0 Å². The summed E-state index contributed by atoms with van der Waals surface area (Å²) >= 11 is 1.16. The molecule has 0 radical (unpaired) electrons. The lowest BCUT2D eigenvalue weighted by molar-refractivity contribution is -0.139. The normalized spacial score (nSPS) is 14.5. The highest BCUT2D eigenvalue weighted by Crippen LogP contribution is 2.36. The Morgan fingerprint density at radius 1 is 0.952 bits per heavy atom. The number of thiazole rings is 1. The first-order chi connectivity index (χ1) is 20.1. The van der Waals surface area contributed by atoms with E-state index in [1.165, 1.54) is 25.5 Å². The quantitative estimate of drug-likeness (QED) is 0.271. The van der Waals surface area contributed by atoms with Gasteiger partial charge in [-0.05, 0) is 62.2 Å². The van der Waals surface area contributed by atoms with Gasteiger partial charge in [-0.2, -0.15) is 0 Å². The second kappa shape index (κ2) is 12.9. The number of benzene rings is 2. The van der Waals surface area contributed by atoms with Crippen LogP contribution in [0.4, 0.5) is 0 Å². The number of methoxy groups -OCH3 is 1. The van der Waals surface area contributed by atoms with Crippen LogP contribution < -0.4 is 33.8 Å². The van der Waals surface area contributed by atoms with Gasteiger partial charge in [-0.3, -0.25) is 19.0 Å². The molecule has 2 heterocycles. The van der Waals surface area contributed by atoms with Gasteiger partial charge in [-0.15, -0.1) is 0 Å². The SMILES string of the molecule is CCOC(=O)C1=C(C)N=c2s/c(=C/c3ccc(OC(C)=O)c(OC)c3)c(=O)n2C1c1ccc(OC(C)=O)c(OCC)c1. The van der Waals surface area contributed by atoms with Crippen molar-refractivity contribution < 1.29 is 38.1 Å². The molecular formula is C30H30N2O9S. The monoisotopic (exact) mass is 594 g/mol. The number of hydrogen-bond donors (Lipinski definition) is 0. The van der Waals surface area contributed by atoms with E-state index in [1.54, 1.807) is 63.2 Å². The van der Waals surface area contributed by atoms with E-state index in [1.807, 2.05) is 0 Å². The maximum atomic E-state index is 13.9. The summed E-state index contributed by atoms with van der Waals surface area (Å²) in [6.07, 6.45) is 1.67. The molecule has 12 heteroatoms. The molecule has 0 bridgehead atoms. The Bertz CT molecular complexity index is 1770. The third-order valence-electron chi connectivity index (χ3n) is 6.09. The maximum Gasteiger partial charge on any atom is 0.338 e. The highest BCUT2D eigenvalue weighted by atomic mass is 32.1. The standard InChI is InChI=1S/C30H30N2O9S/c1-7-38-24-15-20(10-12-22(24)41-18(5)34)27-26(29(36)39-8-2)16(3)31-30-32(27)28(35)25(42-30)14-19-9-11-21(40-17(4)33)23(13-19)37-6/h9-15,27H,7-8H2,1-6H3/b25-14+. The molecule has 1 atom stereocenters. The Kier molecular flexibility index (Phi) is 9.26. The molecule has 0 aliphatic carbocycles. The van der Waals surface area contributed by atoms with E-state index in [0.29, 0.717) is 38.5 Å². The molecular weight excluding hydrogens is 564 g/mol. The van der Waals surface area contributed by atoms with Gasteiger partial charge in [-0.25, -0.2) is 9.79 Å². The molecule has 1 unspecified atom stereocenters. The number of nitrogens with zero attached hydrogens (tertiary/aromatic N) is 2. The van der Waals surface area contributed by atoms with Crippen molar-refractivity contribution >= 4 is 35.3 Å². The first-order valence-corrected chi connectivity index (χ1v) is 13.9. The number of ether oxygens (including phenoxy) is 5. The van der Waals surface area contributed by atoms with Gasteiger partial charge in [0.2, 0.25) is 0 Å². The van der Waals surface area contributed by atoms with Crippen molar-refractivity contribution in [2.45, 2.75) is 40.7 Å². The second-order valence-electron chi connectivity index (χ2n) is 9.04. The van der Waals surface area contributed by atoms with Crippen LogP contribution in [0, 0.1) is 0 Å². The maximum absolute atomic E-state index is 13.9. The summed E-state index contributed by atoms with van der Waals surface area (Å²) in [6, 6.07) is 8.88. The van der Waals surface area contributed by atoms with Crippen LogP contribution in [0.1, 0.15) is 51.8 Å². The number of rotatable bonds is 9. The number of hydrogen-bond acceptors (Lipinski definition) is 11. The molecule has 0 saturated heterocycles. The Balaban J connectivity index is 1.92. The van der Waals surface area contributed by atoms with E-state index >= 15 is 0 Å². The Morgan fingerprint density at radius 2 is 1.62 bits per heavy atom. The van der Waals surface area contributed by atoms with Crippen molar-refractivity contribution in [2.75, 3.05) is 20.3 Å². The molecule has 11 nitrogen and oxygen atoms in total. The van der Waals surface area contributed by atoms with Crippen molar-refractivity contribution in [3.63, 3.8) is 0 Å². The van der Waals surface area contributed by atoms with E-state index in [4.69, 9.17) is 23.7 Å². The smallest absolute Gasteiger partial charge is 0.338 e. The molecule has 42 heavy (non-hydrogen) atoms. The van der Waals surface area contributed by atoms with Crippen molar-refractivity contribution in [3.8, 4) is 23.0 Å². The number of aromatic nitrogens is 1. The average Bonchev–Trinajstić information content (AvgIpc) is 3.23. The van der Waals surface area contributed by atoms with Gasteiger partial charge < -0.3 is 23.7 Å². The predicted octanol–water partition coefficient (Wildman–Crippen LogP) is 3.06. The van der Waals surface area contributed by atoms with E-state index in [-0.39, 0.29) is 35.0 Å². The van der Waals surface area contributed by atoms with Gasteiger partial charge >= 0.3 is 17.9 Å². The Morgan fingerprint density at radius 3 is 2.24 bits per heavy atom. The first kappa shape index (κ1) is 30.3. The molecule has 0 saturated carbocycles. The lowest BCUT2D eigenvalue weighted by Gasteiger charge is -2.25. The lowest BCUT2D eigenvalue weighted by atomic mass is 9.95. The van der Waals surface area contributed by atoms with E-state index in [2.05, 4.69) is 4.99 Å². The van der Waals surface area contributed by atoms with Crippen molar-refractivity contribution in [2.24, 2.45) is 4.99 Å². The van der Waals surface area contributed by atoms with E-state index in [9.17, 15) is 19.2 Å². The Labute approximate surface area is 245 Å². The van der Waals surface area contributed by atoms with Crippen molar-refractivity contribution in [1.82, 2.24) is 4.57 Å². The zero-order valence-corrected chi connectivity index (χ0v) is 24.8. The van der Waals surface area contributed by atoms with Gasteiger partial charge in [0.15, 0.2) is 27.8 Å². The molecule has 0 fully saturated rings.